The Morgan fingerprint density at radius 1 is 1.22 bits per heavy atom. The van der Waals surface area contributed by atoms with Crippen LogP contribution in [0.3, 0.4) is 0 Å². The van der Waals surface area contributed by atoms with Gasteiger partial charge >= 0.3 is 0 Å². The van der Waals surface area contributed by atoms with E-state index >= 15 is 0 Å². The van der Waals surface area contributed by atoms with Gasteiger partial charge in [0.2, 0.25) is 5.91 Å². The summed E-state index contributed by atoms with van der Waals surface area (Å²) >= 11 is 2.62. The van der Waals surface area contributed by atoms with Crippen molar-refractivity contribution in [3.8, 4) is 0 Å². The largest absolute Gasteiger partial charge is 0.312 e. The number of hydrogen-bond acceptors (Lipinski definition) is 6. The van der Waals surface area contributed by atoms with Gasteiger partial charge in [0.1, 0.15) is 4.70 Å². The van der Waals surface area contributed by atoms with Crippen LogP contribution in [0.25, 0.3) is 10.2 Å². The van der Waals surface area contributed by atoms with Crippen LogP contribution in [0.15, 0.2) is 45.7 Å². The van der Waals surface area contributed by atoms with Crippen LogP contribution in [-0.2, 0) is 11.8 Å². The summed E-state index contributed by atoms with van der Waals surface area (Å²) in [5, 5.41) is 2.37. The van der Waals surface area contributed by atoms with Gasteiger partial charge < -0.3 is 4.90 Å². The van der Waals surface area contributed by atoms with Crippen molar-refractivity contribution in [3.63, 3.8) is 0 Å². The average molecular weight is 399 g/mol. The molecule has 1 aromatic carbocycles. The molecule has 0 spiro atoms. The number of Topliss-reactive ketones (excluding diaryl/α,β-unsaturated/α-hetero) is 1. The summed E-state index contributed by atoms with van der Waals surface area (Å²) in [5.74, 6) is 0.275. The Balaban J connectivity index is 1.47. The van der Waals surface area contributed by atoms with Crippen LogP contribution in [0.5, 0.6) is 0 Å². The molecule has 0 N–H and O–H groups in total. The lowest BCUT2D eigenvalue weighted by Gasteiger charge is -2.15. The molecule has 0 bridgehead atoms. The highest BCUT2D eigenvalue weighted by molar-refractivity contribution is 7.99. The molecule has 138 valence electrons. The van der Waals surface area contributed by atoms with E-state index in [0.717, 1.165) is 18.7 Å². The Morgan fingerprint density at radius 2 is 2.00 bits per heavy atom. The first-order valence-corrected chi connectivity index (χ1v) is 10.4. The van der Waals surface area contributed by atoms with E-state index in [0.29, 0.717) is 27.4 Å². The van der Waals surface area contributed by atoms with Gasteiger partial charge in [-0.2, -0.15) is 0 Å². The molecule has 8 heteroatoms. The first kappa shape index (κ1) is 17.9. The number of carbonyl (C=O) groups is 2. The maximum atomic E-state index is 12.5. The van der Waals surface area contributed by atoms with Crippen LogP contribution in [0.4, 0.5) is 5.69 Å². The third-order valence-corrected chi connectivity index (χ3v) is 6.47. The first-order chi connectivity index (χ1) is 13.0. The van der Waals surface area contributed by atoms with Crippen molar-refractivity contribution in [1.29, 1.82) is 0 Å². The van der Waals surface area contributed by atoms with Crippen molar-refractivity contribution in [2.75, 3.05) is 17.2 Å². The molecule has 0 unspecified atom stereocenters. The SMILES string of the molecule is Cn1c(SCC(=O)c2ccc(N3CCCC3=O)cc2)nc2ccsc2c1=O. The highest BCUT2D eigenvalue weighted by Gasteiger charge is 2.21. The Bertz CT molecular complexity index is 1090. The van der Waals surface area contributed by atoms with Gasteiger partial charge in [-0.05, 0) is 42.1 Å². The fourth-order valence-corrected chi connectivity index (χ4v) is 4.73. The number of fused-ring (bicyclic) bond motifs is 1. The third-order valence-electron chi connectivity index (χ3n) is 4.55. The molecule has 1 saturated heterocycles. The molecule has 3 aromatic rings. The van der Waals surface area contributed by atoms with E-state index in [-0.39, 0.29) is 23.0 Å². The number of nitrogens with zero attached hydrogens (tertiary/aromatic N) is 3. The lowest BCUT2D eigenvalue weighted by molar-refractivity contribution is -0.117. The lowest BCUT2D eigenvalue weighted by Crippen LogP contribution is -2.23. The van der Waals surface area contributed by atoms with Crippen molar-refractivity contribution >= 4 is 50.7 Å². The van der Waals surface area contributed by atoms with Crippen molar-refractivity contribution in [3.05, 3.63) is 51.6 Å². The topological polar surface area (TPSA) is 72.3 Å². The van der Waals surface area contributed by atoms with Crippen molar-refractivity contribution in [2.24, 2.45) is 7.05 Å². The number of amides is 1. The molecule has 0 atom stereocenters. The van der Waals surface area contributed by atoms with Crippen molar-refractivity contribution < 1.29 is 9.59 Å². The fraction of sp³-hybridized carbons (Fsp3) is 0.263. The molecule has 4 rings (SSSR count). The molecular weight excluding hydrogens is 382 g/mol. The predicted molar refractivity (Wildman–Crippen MR) is 108 cm³/mol. The number of rotatable bonds is 5. The Hall–Kier alpha value is -2.45. The third kappa shape index (κ3) is 3.42. The van der Waals surface area contributed by atoms with Crippen LogP contribution in [-0.4, -0.2) is 33.5 Å². The molecule has 0 aliphatic carbocycles. The number of benzene rings is 1. The Labute approximate surface area is 163 Å². The smallest absolute Gasteiger partial charge is 0.271 e. The summed E-state index contributed by atoms with van der Waals surface area (Å²) in [6, 6.07) is 8.93. The highest BCUT2D eigenvalue weighted by Crippen LogP contribution is 2.24. The summed E-state index contributed by atoms with van der Waals surface area (Å²) in [6.07, 6.45) is 1.45. The van der Waals surface area contributed by atoms with Gasteiger partial charge in [-0.25, -0.2) is 4.98 Å². The summed E-state index contributed by atoms with van der Waals surface area (Å²) in [6.45, 7) is 0.729. The van der Waals surface area contributed by atoms with Gasteiger partial charge in [0, 0.05) is 31.3 Å². The molecule has 1 fully saturated rings. The zero-order valence-electron chi connectivity index (χ0n) is 14.7. The molecule has 3 heterocycles. The maximum Gasteiger partial charge on any atom is 0.271 e. The maximum absolute atomic E-state index is 12.5. The van der Waals surface area contributed by atoms with Gasteiger partial charge in [-0.3, -0.25) is 19.0 Å². The second-order valence-electron chi connectivity index (χ2n) is 6.30. The van der Waals surface area contributed by atoms with Crippen LogP contribution in [0.1, 0.15) is 23.2 Å². The second-order valence-corrected chi connectivity index (χ2v) is 8.16. The first-order valence-electron chi connectivity index (χ1n) is 8.55. The minimum absolute atomic E-state index is 0.0426. The molecular formula is C19H17N3O3S2. The van der Waals surface area contributed by atoms with E-state index in [9.17, 15) is 14.4 Å². The Morgan fingerprint density at radius 3 is 2.70 bits per heavy atom. The summed E-state index contributed by atoms with van der Waals surface area (Å²) < 4.78 is 2.11. The molecule has 1 aliphatic rings. The minimum atomic E-state index is -0.0930. The minimum Gasteiger partial charge on any atom is -0.312 e. The summed E-state index contributed by atoms with van der Waals surface area (Å²) in [4.78, 5) is 42.9. The standard InChI is InChI=1S/C19H17N3O3S2/c1-21-18(25)17-14(8-10-26-17)20-19(21)27-11-15(23)12-4-6-13(7-5-12)22-9-2-3-16(22)24/h4-8,10H,2-3,9,11H2,1H3. The van der Waals surface area contributed by atoms with Crippen LogP contribution in [0, 0.1) is 0 Å². The highest BCUT2D eigenvalue weighted by atomic mass is 32.2. The Kier molecular flexibility index (Phi) is 4.84. The molecule has 1 aliphatic heterocycles. The fourth-order valence-electron chi connectivity index (χ4n) is 3.06. The van der Waals surface area contributed by atoms with Gasteiger partial charge in [0.15, 0.2) is 10.9 Å². The van der Waals surface area contributed by atoms with Crippen molar-refractivity contribution in [1.82, 2.24) is 9.55 Å². The zero-order chi connectivity index (χ0) is 19.0. The van der Waals surface area contributed by atoms with Gasteiger partial charge in [-0.1, -0.05) is 11.8 Å². The lowest BCUT2D eigenvalue weighted by atomic mass is 10.1. The number of ketones is 1. The van der Waals surface area contributed by atoms with E-state index in [2.05, 4.69) is 4.98 Å². The zero-order valence-corrected chi connectivity index (χ0v) is 16.3. The van der Waals surface area contributed by atoms with E-state index in [4.69, 9.17) is 0 Å². The monoisotopic (exact) mass is 399 g/mol. The van der Waals surface area contributed by atoms with Crippen LogP contribution in [0.2, 0.25) is 0 Å². The second kappa shape index (κ2) is 7.28. The van der Waals surface area contributed by atoms with Crippen LogP contribution < -0.4 is 10.5 Å². The number of hydrogen-bond donors (Lipinski definition) is 0. The summed E-state index contributed by atoms with van der Waals surface area (Å²) in [7, 11) is 1.67. The number of thioether (sulfide) groups is 1. The summed E-state index contributed by atoms with van der Waals surface area (Å²) in [5.41, 5.74) is 1.98. The predicted octanol–water partition coefficient (Wildman–Crippen LogP) is 3.10. The average Bonchev–Trinajstić information content (AvgIpc) is 3.32. The van der Waals surface area contributed by atoms with Crippen LogP contribution >= 0.6 is 23.1 Å². The molecule has 6 nitrogen and oxygen atoms in total. The van der Waals surface area contributed by atoms with Gasteiger partial charge in [0.25, 0.3) is 5.56 Å². The van der Waals surface area contributed by atoms with E-state index in [1.165, 1.54) is 27.7 Å². The quantitative estimate of drug-likeness (QED) is 0.375. The molecule has 0 saturated carbocycles. The van der Waals surface area contributed by atoms with Gasteiger partial charge in [-0.15, -0.1) is 11.3 Å². The number of anilines is 1. The van der Waals surface area contributed by atoms with E-state index in [1.807, 2.05) is 23.6 Å². The number of carbonyl (C=O) groups excluding carboxylic acids is 2. The number of aromatic nitrogens is 2. The number of thiophene rings is 1. The van der Waals surface area contributed by atoms with E-state index < -0.39 is 0 Å². The molecule has 2 aromatic heterocycles. The molecule has 0 radical (unpaired) electrons. The van der Waals surface area contributed by atoms with E-state index in [1.54, 1.807) is 24.1 Å². The molecule has 27 heavy (non-hydrogen) atoms. The van der Waals surface area contributed by atoms with Gasteiger partial charge in [0.05, 0.1) is 11.3 Å². The molecule has 1 amide bonds. The van der Waals surface area contributed by atoms with Crippen molar-refractivity contribution in [2.45, 2.75) is 18.0 Å². The normalized spacial score (nSPS) is 14.3.